The Hall–Kier alpha value is -2.97. The number of nitrogens with one attached hydrogen (secondary N) is 1. The summed E-state index contributed by atoms with van der Waals surface area (Å²) in [5.74, 6) is -0.0928. The van der Waals surface area contributed by atoms with Crippen molar-refractivity contribution in [3.8, 4) is 11.5 Å². The molecule has 0 aliphatic carbocycles. The van der Waals surface area contributed by atoms with Gasteiger partial charge in [-0.3, -0.25) is 9.69 Å². The second-order valence-corrected chi connectivity index (χ2v) is 7.23. The van der Waals surface area contributed by atoms with E-state index in [1.165, 1.54) is 17.7 Å². The van der Waals surface area contributed by atoms with E-state index in [2.05, 4.69) is 21.0 Å². The summed E-state index contributed by atoms with van der Waals surface area (Å²) in [6.45, 7) is 3.62. The van der Waals surface area contributed by atoms with Crippen LogP contribution in [0.25, 0.3) is 6.08 Å². The van der Waals surface area contributed by atoms with Crippen molar-refractivity contribution in [1.82, 2.24) is 10.2 Å². The van der Waals surface area contributed by atoms with Crippen LogP contribution in [-0.4, -0.2) is 50.3 Å². The highest BCUT2D eigenvalue weighted by molar-refractivity contribution is 5.91. The first-order chi connectivity index (χ1) is 15.5. The Kier molecular flexibility index (Phi) is 9.01. The zero-order valence-corrected chi connectivity index (χ0v) is 18.1. The molecule has 3 rings (SSSR count). The molecule has 0 radical (unpaired) electrons. The van der Waals surface area contributed by atoms with Crippen molar-refractivity contribution in [2.75, 3.05) is 32.9 Å². The standard InChI is InChI=1S/C24H28F2N2O4/c1-2-31-22-15-18(7-9-21(22)32-24(25)26)8-10-23(29)27-16-19-5-3-4-6-20(19)17-28-11-13-30-14-12-28/h3-10,15,24H,2,11-14,16-17H2,1H3,(H,27,29)/b10-8+. The van der Waals surface area contributed by atoms with Crippen molar-refractivity contribution in [3.63, 3.8) is 0 Å². The SMILES string of the molecule is CCOc1cc(/C=C/C(=O)NCc2ccccc2CN2CCOCC2)ccc1OC(F)F. The molecule has 0 aromatic heterocycles. The summed E-state index contributed by atoms with van der Waals surface area (Å²) in [7, 11) is 0. The molecule has 172 valence electrons. The van der Waals surface area contributed by atoms with Crippen LogP contribution < -0.4 is 14.8 Å². The molecule has 1 fully saturated rings. The highest BCUT2D eigenvalue weighted by atomic mass is 19.3. The molecular weight excluding hydrogens is 418 g/mol. The number of carbonyl (C=O) groups is 1. The lowest BCUT2D eigenvalue weighted by molar-refractivity contribution is -0.116. The number of rotatable bonds is 10. The van der Waals surface area contributed by atoms with Crippen LogP contribution in [-0.2, 0) is 22.6 Å². The third kappa shape index (κ3) is 7.32. The third-order valence-corrected chi connectivity index (χ3v) is 4.98. The Bertz CT molecular complexity index is 915. The van der Waals surface area contributed by atoms with Crippen LogP contribution in [0.1, 0.15) is 23.6 Å². The maximum absolute atomic E-state index is 12.5. The summed E-state index contributed by atoms with van der Waals surface area (Å²) in [6, 6.07) is 12.6. The fraction of sp³-hybridized carbons (Fsp3) is 0.375. The zero-order chi connectivity index (χ0) is 22.8. The molecule has 0 spiro atoms. The molecule has 1 aliphatic rings. The van der Waals surface area contributed by atoms with Crippen molar-refractivity contribution >= 4 is 12.0 Å². The molecule has 6 nitrogen and oxygen atoms in total. The minimum absolute atomic E-state index is 0.0414. The quantitative estimate of drug-likeness (QED) is 0.562. The van der Waals surface area contributed by atoms with Gasteiger partial charge in [-0.05, 0) is 41.8 Å². The average Bonchev–Trinajstić information content (AvgIpc) is 2.79. The molecule has 0 atom stereocenters. The molecule has 0 bridgehead atoms. The number of nitrogens with zero attached hydrogens (tertiary/aromatic N) is 1. The van der Waals surface area contributed by atoms with E-state index in [1.807, 2.05) is 18.2 Å². The monoisotopic (exact) mass is 446 g/mol. The molecule has 0 saturated carbocycles. The van der Waals surface area contributed by atoms with Crippen LogP contribution in [0.2, 0.25) is 0 Å². The van der Waals surface area contributed by atoms with Crippen LogP contribution in [0.3, 0.4) is 0 Å². The summed E-state index contributed by atoms with van der Waals surface area (Å²) in [6.07, 6.45) is 3.01. The van der Waals surface area contributed by atoms with E-state index in [1.54, 1.807) is 25.1 Å². The largest absolute Gasteiger partial charge is 0.490 e. The molecule has 1 amide bonds. The maximum atomic E-state index is 12.5. The number of carbonyl (C=O) groups excluding carboxylic acids is 1. The number of alkyl halides is 2. The predicted molar refractivity (Wildman–Crippen MR) is 118 cm³/mol. The van der Waals surface area contributed by atoms with Crippen molar-refractivity contribution in [1.29, 1.82) is 0 Å². The number of ether oxygens (including phenoxy) is 3. The molecule has 1 N–H and O–H groups in total. The molecule has 32 heavy (non-hydrogen) atoms. The fourth-order valence-electron chi connectivity index (χ4n) is 3.39. The molecule has 0 unspecified atom stereocenters. The highest BCUT2D eigenvalue weighted by Crippen LogP contribution is 2.30. The Labute approximate surface area is 186 Å². The normalized spacial score (nSPS) is 14.6. The first kappa shape index (κ1) is 23.7. The highest BCUT2D eigenvalue weighted by Gasteiger charge is 2.13. The van der Waals surface area contributed by atoms with E-state index in [-0.39, 0.29) is 17.4 Å². The maximum Gasteiger partial charge on any atom is 0.387 e. The van der Waals surface area contributed by atoms with Gasteiger partial charge in [0, 0.05) is 32.3 Å². The van der Waals surface area contributed by atoms with E-state index in [4.69, 9.17) is 9.47 Å². The minimum atomic E-state index is -2.94. The van der Waals surface area contributed by atoms with E-state index in [9.17, 15) is 13.6 Å². The lowest BCUT2D eigenvalue weighted by Crippen LogP contribution is -2.36. The first-order valence-corrected chi connectivity index (χ1v) is 10.6. The number of hydrogen-bond donors (Lipinski definition) is 1. The van der Waals surface area contributed by atoms with Crippen LogP contribution >= 0.6 is 0 Å². The van der Waals surface area contributed by atoms with Gasteiger partial charge in [0.25, 0.3) is 0 Å². The fourth-order valence-corrected chi connectivity index (χ4v) is 3.39. The summed E-state index contributed by atoms with van der Waals surface area (Å²) < 4.78 is 40.3. The van der Waals surface area contributed by atoms with E-state index in [0.29, 0.717) is 18.7 Å². The topological polar surface area (TPSA) is 60.0 Å². The Morgan fingerprint density at radius 3 is 2.62 bits per heavy atom. The average molecular weight is 446 g/mol. The van der Waals surface area contributed by atoms with Gasteiger partial charge in [0.15, 0.2) is 11.5 Å². The summed E-state index contributed by atoms with van der Waals surface area (Å²) in [4.78, 5) is 14.7. The van der Waals surface area contributed by atoms with Gasteiger partial charge in [0.1, 0.15) is 0 Å². The van der Waals surface area contributed by atoms with Gasteiger partial charge in [-0.1, -0.05) is 30.3 Å². The van der Waals surface area contributed by atoms with Crippen molar-refractivity contribution < 1.29 is 27.8 Å². The molecular formula is C24H28F2N2O4. The zero-order valence-electron chi connectivity index (χ0n) is 18.1. The Morgan fingerprint density at radius 1 is 1.16 bits per heavy atom. The second-order valence-electron chi connectivity index (χ2n) is 7.23. The first-order valence-electron chi connectivity index (χ1n) is 10.6. The van der Waals surface area contributed by atoms with Crippen LogP contribution in [0.4, 0.5) is 8.78 Å². The molecule has 1 saturated heterocycles. The lowest BCUT2D eigenvalue weighted by Gasteiger charge is -2.27. The molecule has 1 aliphatic heterocycles. The van der Waals surface area contributed by atoms with Gasteiger partial charge in [0.2, 0.25) is 5.91 Å². The smallest absolute Gasteiger partial charge is 0.387 e. The van der Waals surface area contributed by atoms with Gasteiger partial charge in [0.05, 0.1) is 19.8 Å². The number of benzene rings is 2. The van der Waals surface area contributed by atoms with Crippen LogP contribution in [0, 0.1) is 0 Å². The van der Waals surface area contributed by atoms with Crippen LogP contribution in [0.5, 0.6) is 11.5 Å². The minimum Gasteiger partial charge on any atom is -0.490 e. The Balaban J connectivity index is 1.58. The molecule has 2 aromatic carbocycles. The van der Waals surface area contributed by atoms with Crippen LogP contribution in [0.15, 0.2) is 48.5 Å². The predicted octanol–water partition coefficient (Wildman–Crippen LogP) is 3.85. The van der Waals surface area contributed by atoms with Crippen molar-refractivity contribution in [2.45, 2.75) is 26.6 Å². The summed E-state index contributed by atoms with van der Waals surface area (Å²) in [5, 5.41) is 2.90. The lowest BCUT2D eigenvalue weighted by atomic mass is 10.1. The summed E-state index contributed by atoms with van der Waals surface area (Å²) in [5.41, 5.74) is 2.88. The molecule has 8 heteroatoms. The van der Waals surface area contributed by atoms with Gasteiger partial charge in [-0.2, -0.15) is 8.78 Å². The third-order valence-electron chi connectivity index (χ3n) is 4.98. The van der Waals surface area contributed by atoms with Gasteiger partial charge in [-0.25, -0.2) is 0 Å². The van der Waals surface area contributed by atoms with E-state index < -0.39 is 6.61 Å². The van der Waals surface area contributed by atoms with Gasteiger partial charge in [-0.15, -0.1) is 0 Å². The Morgan fingerprint density at radius 2 is 1.91 bits per heavy atom. The number of halogens is 2. The molecule has 1 heterocycles. The van der Waals surface area contributed by atoms with Crippen molar-refractivity contribution in [2.24, 2.45) is 0 Å². The number of hydrogen-bond acceptors (Lipinski definition) is 5. The summed E-state index contributed by atoms with van der Waals surface area (Å²) >= 11 is 0. The number of morpholine rings is 1. The number of amides is 1. The van der Waals surface area contributed by atoms with E-state index in [0.717, 1.165) is 38.4 Å². The van der Waals surface area contributed by atoms with E-state index >= 15 is 0 Å². The molecule has 2 aromatic rings. The second kappa shape index (κ2) is 12.2. The van der Waals surface area contributed by atoms with Crippen molar-refractivity contribution in [3.05, 3.63) is 65.2 Å². The van der Waals surface area contributed by atoms with Gasteiger partial charge < -0.3 is 19.5 Å². The van der Waals surface area contributed by atoms with Gasteiger partial charge >= 0.3 is 6.61 Å².